The first-order chi connectivity index (χ1) is 37.8. The van der Waals surface area contributed by atoms with Crippen LogP contribution in [0, 0.1) is 0 Å². The molecule has 418 valence electrons. The zero-order chi connectivity index (χ0) is 54.9. The Labute approximate surface area is 462 Å². The Morgan fingerprint density at radius 1 is 0.500 bits per heavy atom. The molecule has 2 atom stereocenters. The molecule has 5 aliphatic rings. The Morgan fingerprint density at radius 3 is 1.35 bits per heavy atom. The van der Waals surface area contributed by atoms with Crippen molar-refractivity contribution in [2.75, 3.05) is 123 Å². The summed E-state index contributed by atoms with van der Waals surface area (Å²) in [5.41, 5.74) is 11.0. The molecule has 0 radical (unpaired) electrons. The van der Waals surface area contributed by atoms with Crippen LogP contribution in [0.3, 0.4) is 0 Å². The largest absolute Gasteiger partial charge is 0.493 e. The van der Waals surface area contributed by atoms with Crippen LogP contribution < -0.4 is 28.7 Å². The predicted molar refractivity (Wildman–Crippen MR) is 306 cm³/mol. The summed E-state index contributed by atoms with van der Waals surface area (Å²) in [6.07, 6.45) is 3.93. The molecule has 16 nitrogen and oxygen atoms in total. The van der Waals surface area contributed by atoms with E-state index in [1.807, 2.05) is 47.4 Å². The summed E-state index contributed by atoms with van der Waals surface area (Å²) in [5, 5.41) is 0. The van der Waals surface area contributed by atoms with E-state index in [0.717, 1.165) is 138 Å². The number of hydrogen-bond donors (Lipinski definition) is 0. The first-order valence-corrected chi connectivity index (χ1v) is 29.5. The average Bonchev–Trinajstić information content (AvgIpc) is 4.35. The number of nitrogens with zero attached hydrogens (tertiary/aromatic N) is 7. The van der Waals surface area contributed by atoms with E-state index in [9.17, 15) is 18.0 Å². The van der Waals surface area contributed by atoms with Gasteiger partial charge in [-0.05, 0) is 116 Å². The number of methoxy groups -OCH3 is 4. The van der Waals surface area contributed by atoms with E-state index in [2.05, 4.69) is 97.8 Å². The van der Waals surface area contributed by atoms with E-state index in [0.29, 0.717) is 48.9 Å². The molecule has 0 spiro atoms. The molecule has 10 rings (SSSR count). The lowest BCUT2D eigenvalue weighted by Crippen LogP contribution is -2.46. The lowest BCUT2D eigenvalue weighted by molar-refractivity contribution is 0.0678. The minimum Gasteiger partial charge on any atom is -0.493 e. The van der Waals surface area contributed by atoms with Crippen LogP contribution in [0.2, 0.25) is 0 Å². The minimum atomic E-state index is -3.53. The van der Waals surface area contributed by atoms with Crippen molar-refractivity contribution >= 4 is 33.3 Å². The monoisotopic (exact) mass is 1090 g/mol. The second-order valence-corrected chi connectivity index (χ2v) is 22.5. The smallest absolute Gasteiger partial charge is 0.264 e. The van der Waals surface area contributed by atoms with Crippen LogP contribution in [-0.4, -0.2) is 158 Å². The normalized spacial score (nSPS) is 17.6. The number of piperazine rings is 2. The molecular formula is C61H79N7O9S. The number of amides is 2. The maximum atomic E-state index is 14.0. The first-order valence-electron chi connectivity index (χ1n) is 27.7. The molecular weight excluding hydrogens is 1010 g/mol. The zero-order valence-electron chi connectivity index (χ0n) is 46.7. The standard InChI is InChI=1S/C34H42N4O3.C27H37N3O6S/c1-4-35-17-19-37(20-18-35)31-12-7-11-28-29(31)24-38(34(28)39)30(25-14-15-32(40-2)33(21-25)41-3)13-8-16-36-22-26-9-5-6-10-27(26)23-36;1-5-28-13-15-29(16-14-28)24-9-6-8-21-22(24)19-30(27(21)31)23(10-7-17-36-37(4,32)33)20-11-12-25(34-2)26(18-20)35-3/h5-7,9-12,14-15,21,30H,4,8,13,16-20,22-24H2,1-3H3;6,8-9,11-12,18,23H,5,7,10,13-17,19H2,1-4H3/t30-;23-/m11/s1. The van der Waals surface area contributed by atoms with Crippen molar-refractivity contribution in [1.82, 2.24) is 24.5 Å². The van der Waals surface area contributed by atoms with E-state index in [4.69, 9.17) is 23.1 Å². The number of anilines is 2. The maximum absolute atomic E-state index is 14.0. The van der Waals surface area contributed by atoms with E-state index in [1.54, 1.807) is 28.4 Å². The van der Waals surface area contributed by atoms with Gasteiger partial charge < -0.3 is 48.3 Å². The summed E-state index contributed by atoms with van der Waals surface area (Å²) in [4.78, 5) is 44.0. The van der Waals surface area contributed by atoms with Gasteiger partial charge in [-0.2, -0.15) is 8.42 Å². The number of hydrogen-bond acceptors (Lipinski definition) is 14. The minimum absolute atomic E-state index is 0.0205. The number of likely N-dealkylation sites (N-methyl/N-ethyl adjacent to an activating group) is 2. The Hall–Kier alpha value is -6.37. The molecule has 2 saturated heterocycles. The topological polar surface area (TPSA) is 137 Å². The first kappa shape index (κ1) is 56.4. The highest BCUT2D eigenvalue weighted by molar-refractivity contribution is 7.85. The summed E-state index contributed by atoms with van der Waals surface area (Å²) in [5.74, 6) is 2.69. The Kier molecular flexibility index (Phi) is 18.5. The van der Waals surface area contributed by atoms with Crippen LogP contribution in [-0.2, 0) is 40.5 Å². The highest BCUT2D eigenvalue weighted by atomic mass is 32.2. The van der Waals surface area contributed by atoms with E-state index in [1.165, 1.54) is 22.4 Å². The summed E-state index contributed by atoms with van der Waals surface area (Å²) in [6, 6.07) is 32.4. The highest BCUT2D eigenvalue weighted by Crippen LogP contribution is 2.43. The summed E-state index contributed by atoms with van der Waals surface area (Å²) in [7, 11) is 2.96. The van der Waals surface area contributed by atoms with Crippen molar-refractivity contribution in [1.29, 1.82) is 0 Å². The second kappa shape index (κ2) is 25.6. The van der Waals surface area contributed by atoms with Gasteiger partial charge in [-0.1, -0.05) is 62.4 Å². The molecule has 17 heteroatoms. The van der Waals surface area contributed by atoms with Crippen molar-refractivity contribution in [2.45, 2.75) is 77.8 Å². The third-order valence-corrected chi connectivity index (χ3v) is 17.0. The van der Waals surface area contributed by atoms with E-state index < -0.39 is 10.1 Å². The molecule has 78 heavy (non-hydrogen) atoms. The van der Waals surface area contributed by atoms with Crippen molar-refractivity contribution in [2.24, 2.45) is 0 Å². The lowest BCUT2D eigenvalue weighted by Gasteiger charge is -2.36. The van der Waals surface area contributed by atoms with Crippen molar-refractivity contribution in [3.63, 3.8) is 0 Å². The number of carbonyl (C=O) groups excluding carboxylic acids is 2. The molecule has 0 saturated carbocycles. The molecule has 5 heterocycles. The molecule has 0 N–H and O–H groups in total. The SMILES string of the molecule is CCN1CCN(c2cccc3c2CN([C@H](CCCN2Cc4ccccc4C2)c2ccc(OC)c(OC)c2)C3=O)CC1.CCN1CCN(c2cccc3c2CN([C@H](CCCOS(C)(=O)=O)c2ccc(OC)c(OC)c2)C3=O)CC1. The average molecular weight is 1090 g/mol. The maximum Gasteiger partial charge on any atom is 0.264 e. The Bertz CT molecular complexity index is 2970. The molecule has 5 aliphatic heterocycles. The number of carbonyl (C=O) groups is 2. The highest BCUT2D eigenvalue weighted by Gasteiger charge is 2.38. The van der Waals surface area contributed by atoms with Gasteiger partial charge in [0.2, 0.25) is 0 Å². The molecule has 0 aromatic heterocycles. The third-order valence-electron chi connectivity index (χ3n) is 16.4. The summed E-state index contributed by atoms with van der Waals surface area (Å²) >= 11 is 0. The molecule has 0 aliphatic carbocycles. The lowest BCUT2D eigenvalue weighted by atomic mass is 9.99. The van der Waals surface area contributed by atoms with Crippen LogP contribution in [0.1, 0.15) is 106 Å². The van der Waals surface area contributed by atoms with E-state index >= 15 is 0 Å². The second-order valence-electron chi connectivity index (χ2n) is 20.9. The van der Waals surface area contributed by atoms with Gasteiger partial charge in [-0.15, -0.1) is 0 Å². The van der Waals surface area contributed by atoms with Gasteiger partial charge >= 0.3 is 0 Å². The van der Waals surface area contributed by atoms with Gasteiger partial charge in [-0.25, -0.2) is 0 Å². The molecule has 0 unspecified atom stereocenters. The molecule has 5 aromatic rings. The molecule has 2 amide bonds. The van der Waals surface area contributed by atoms with Crippen molar-refractivity contribution < 1.29 is 41.1 Å². The van der Waals surface area contributed by atoms with Crippen LogP contribution in [0.5, 0.6) is 23.0 Å². The van der Waals surface area contributed by atoms with Crippen LogP contribution in [0.25, 0.3) is 0 Å². The van der Waals surface area contributed by atoms with Gasteiger partial charge in [0.15, 0.2) is 23.0 Å². The number of fused-ring (bicyclic) bond motifs is 3. The molecule has 0 bridgehead atoms. The third kappa shape index (κ3) is 12.7. The number of ether oxygens (including phenoxy) is 4. The molecule has 2 fully saturated rings. The predicted octanol–water partition coefficient (Wildman–Crippen LogP) is 8.64. The van der Waals surface area contributed by atoms with Gasteiger partial charge in [-0.3, -0.25) is 18.7 Å². The fraction of sp³-hybridized carbons (Fsp3) is 0.475. The van der Waals surface area contributed by atoms with Gasteiger partial charge in [0, 0.05) is 112 Å². The summed E-state index contributed by atoms with van der Waals surface area (Å²) in [6.45, 7) is 18.7. The number of rotatable bonds is 21. The Balaban J connectivity index is 0.000000191. The van der Waals surface area contributed by atoms with Crippen LogP contribution in [0.4, 0.5) is 11.4 Å². The zero-order valence-corrected chi connectivity index (χ0v) is 47.6. The van der Waals surface area contributed by atoms with Crippen LogP contribution >= 0.6 is 0 Å². The fourth-order valence-electron chi connectivity index (χ4n) is 12.1. The van der Waals surface area contributed by atoms with Gasteiger partial charge in [0.05, 0.1) is 53.4 Å². The van der Waals surface area contributed by atoms with E-state index in [-0.39, 0.29) is 30.5 Å². The van der Waals surface area contributed by atoms with Crippen molar-refractivity contribution in [3.8, 4) is 23.0 Å². The van der Waals surface area contributed by atoms with Crippen LogP contribution in [0.15, 0.2) is 97.1 Å². The van der Waals surface area contributed by atoms with Gasteiger partial charge in [0.25, 0.3) is 21.9 Å². The summed E-state index contributed by atoms with van der Waals surface area (Å²) < 4.78 is 50.0. The Morgan fingerprint density at radius 2 is 0.936 bits per heavy atom. The van der Waals surface area contributed by atoms with Crippen molar-refractivity contribution in [3.05, 3.63) is 142 Å². The quantitative estimate of drug-likeness (QED) is 0.0512. The molecule has 5 aromatic carbocycles. The number of benzene rings is 5. The fourth-order valence-corrected chi connectivity index (χ4v) is 12.5. The van der Waals surface area contributed by atoms with Gasteiger partial charge in [0.1, 0.15) is 0 Å².